The molecule has 0 unspecified atom stereocenters. The first-order valence-corrected chi connectivity index (χ1v) is 12.4. The lowest BCUT2D eigenvalue weighted by Crippen LogP contribution is -2.32. The molecule has 0 atom stereocenters. The number of benzene rings is 1. The van der Waals surface area contributed by atoms with Crippen molar-refractivity contribution in [3.8, 4) is 6.07 Å². The van der Waals surface area contributed by atoms with Gasteiger partial charge in [-0.25, -0.2) is 4.99 Å². The molecule has 0 aliphatic carbocycles. The largest absolute Gasteiger partial charge is 0.474 e. The topological polar surface area (TPSA) is 82.7 Å². The fraction of sp³-hybridized carbons (Fsp3) is 0.480. The van der Waals surface area contributed by atoms with E-state index in [2.05, 4.69) is 33.4 Å². The van der Waals surface area contributed by atoms with Crippen LogP contribution >= 0.6 is 11.3 Å². The Hall–Kier alpha value is -2.89. The molecule has 0 radical (unpaired) electrons. The van der Waals surface area contributed by atoms with Crippen LogP contribution in [0, 0.1) is 11.3 Å². The summed E-state index contributed by atoms with van der Waals surface area (Å²) in [5.41, 5.74) is 2.04. The Morgan fingerprint density at radius 3 is 2.82 bits per heavy atom. The van der Waals surface area contributed by atoms with Gasteiger partial charge in [-0.15, -0.1) is 11.3 Å². The Labute approximate surface area is 198 Å². The highest BCUT2D eigenvalue weighted by Gasteiger charge is 2.29. The van der Waals surface area contributed by atoms with E-state index in [1.54, 1.807) is 10.8 Å². The number of nitriles is 1. The molecule has 0 saturated carbocycles. The minimum atomic E-state index is -0.373. The van der Waals surface area contributed by atoms with Crippen LogP contribution in [0.25, 0.3) is 11.8 Å². The first kappa shape index (κ1) is 23.3. The van der Waals surface area contributed by atoms with Gasteiger partial charge in [0, 0.05) is 25.0 Å². The lowest BCUT2D eigenvalue weighted by atomic mass is 10.1. The summed E-state index contributed by atoms with van der Waals surface area (Å²) in [5.74, 6) is 0.316. The molecule has 7 nitrogen and oxygen atoms in total. The number of nitrogens with one attached hydrogen (secondary N) is 1. The maximum absolute atomic E-state index is 13.0. The van der Waals surface area contributed by atoms with Gasteiger partial charge in [-0.1, -0.05) is 12.1 Å². The normalized spacial score (nSPS) is 19.2. The van der Waals surface area contributed by atoms with E-state index in [4.69, 9.17) is 4.74 Å². The monoisotopic (exact) mass is 465 g/mol. The van der Waals surface area contributed by atoms with Gasteiger partial charge in [0.05, 0.1) is 5.54 Å². The van der Waals surface area contributed by atoms with E-state index in [-0.39, 0.29) is 11.1 Å². The summed E-state index contributed by atoms with van der Waals surface area (Å²) in [6.07, 6.45) is 5.35. The molecule has 1 fully saturated rings. The number of anilines is 1. The molecule has 8 heteroatoms. The van der Waals surface area contributed by atoms with Gasteiger partial charge < -0.3 is 15.0 Å². The average molecular weight is 466 g/mol. The quantitative estimate of drug-likeness (QED) is 0.679. The predicted octanol–water partition coefficient (Wildman–Crippen LogP) is 2.30. The molecule has 0 bridgehead atoms. The van der Waals surface area contributed by atoms with Gasteiger partial charge in [-0.05, 0) is 70.8 Å². The molecule has 2 aliphatic heterocycles. The van der Waals surface area contributed by atoms with Crippen molar-refractivity contribution in [3.63, 3.8) is 0 Å². The van der Waals surface area contributed by atoms with E-state index in [9.17, 15) is 10.1 Å². The van der Waals surface area contributed by atoms with E-state index >= 15 is 0 Å². The van der Waals surface area contributed by atoms with Crippen LogP contribution in [0.1, 0.15) is 39.2 Å². The smallest absolute Gasteiger partial charge is 0.270 e. The molecule has 1 N–H and O–H groups in total. The van der Waals surface area contributed by atoms with Crippen molar-refractivity contribution in [1.82, 2.24) is 9.47 Å². The second kappa shape index (κ2) is 9.94. The molecule has 0 spiro atoms. The van der Waals surface area contributed by atoms with Crippen molar-refractivity contribution >= 4 is 34.7 Å². The minimum Gasteiger partial charge on any atom is -0.474 e. The van der Waals surface area contributed by atoms with Crippen LogP contribution in [0.4, 0.5) is 5.69 Å². The molecule has 3 heterocycles. The summed E-state index contributed by atoms with van der Waals surface area (Å²) in [4.78, 5) is 20.1. The van der Waals surface area contributed by atoms with E-state index in [1.165, 1.54) is 42.8 Å². The second-order valence-electron chi connectivity index (χ2n) is 9.11. The summed E-state index contributed by atoms with van der Waals surface area (Å²) in [7, 11) is 0. The number of thiazole rings is 1. The van der Waals surface area contributed by atoms with E-state index in [1.807, 2.05) is 32.9 Å². The van der Waals surface area contributed by atoms with Crippen LogP contribution in [-0.4, -0.2) is 47.1 Å². The molecule has 1 aromatic heterocycles. The maximum atomic E-state index is 13.0. The number of hydrogen-bond acceptors (Lipinski definition) is 7. The first-order valence-electron chi connectivity index (χ1n) is 11.6. The average Bonchev–Trinajstić information content (AvgIpc) is 3.52. The van der Waals surface area contributed by atoms with Crippen molar-refractivity contribution < 1.29 is 4.74 Å². The third-order valence-electron chi connectivity index (χ3n) is 5.94. The van der Waals surface area contributed by atoms with Gasteiger partial charge in [-0.2, -0.15) is 5.26 Å². The van der Waals surface area contributed by atoms with E-state index < -0.39 is 0 Å². The zero-order valence-corrected chi connectivity index (χ0v) is 20.4. The molecule has 4 rings (SSSR count). The van der Waals surface area contributed by atoms with Gasteiger partial charge in [0.2, 0.25) is 5.90 Å². The highest BCUT2D eigenvalue weighted by Crippen LogP contribution is 2.20. The lowest BCUT2D eigenvalue weighted by Gasteiger charge is -2.14. The Morgan fingerprint density at radius 1 is 1.36 bits per heavy atom. The molecule has 2 aliphatic rings. The summed E-state index contributed by atoms with van der Waals surface area (Å²) in [5, 5.41) is 13.1. The number of ether oxygens (including phenoxy) is 1. The van der Waals surface area contributed by atoms with Crippen molar-refractivity contribution in [2.45, 2.75) is 52.1 Å². The predicted molar refractivity (Wildman–Crippen MR) is 134 cm³/mol. The summed E-state index contributed by atoms with van der Waals surface area (Å²) < 4.78 is 8.41. The molecule has 1 saturated heterocycles. The van der Waals surface area contributed by atoms with Crippen LogP contribution in [0.2, 0.25) is 0 Å². The van der Waals surface area contributed by atoms with Crippen molar-refractivity contribution in [2.75, 3.05) is 31.6 Å². The van der Waals surface area contributed by atoms with Crippen molar-refractivity contribution in [1.29, 1.82) is 5.26 Å². The Balaban J connectivity index is 1.61. The van der Waals surface area contributed by atoms with Crippen LogP contribution < -0.4 is 20.1 Å². The van der Waals surface area contributed by atoms with Gasteiger partial charge in [-0.3, -0.25) is 9.36 Å². The second-order valence-corrected chi connectivity index (χ2v) is 10.1. The number of rotatable bonds is 7. The SMILES string of the molecule is CCn1c(=O)/c(=C\Nc2cccc(CCN3CCCC3)c2)s/c1=C(/C#N)C1=NC(C)(C)CO1. The zero-order chi connectivity index (χ0) is 23.4. The fourth-order valence-corrected chi connectivity index (χ4v) is 5.23. The number of hydrogen-bond donors (Lipinski definition) is 1. The third-order valence-corrected chi connectivity index (χ3v) is 7.07. The van der Waals surface area contributed by atoms with Gasteiger partial charge in [0.15, 0.2) is 0 Å². The summed E-state index contributed by atoms with van der Waals surface area (Å²) in [6, 6.07) is 10.5. The van der Waals surface area contributed by atoms with Gasteiger partial charge >= 0.3 is 0 Å². The van der Waals surface area contributed by atoms with Crippen LogP contribution in [0.5, 0.6) is 0 Å². The number of likely N-dealkylation sites (tertiary alicyclic amines) is 1. The van der Waals surface area contributed by atoms with Gasteiger partial charge in [0.1, 0.15) is 27.4 Å². The molecule has 2 aromatic rings. The fourth-order valence-electron chi connectivity index (χ4n) is 4.15. The molecular formula is C25H31N5O2S. The summed E-state index contributed by atoms with van der Waals surface area (Å²) >= 11 is 1.29. The first-order chi connectivity index (χ1) is 15.9. The lowest BCUT2D eigenvalue weighted by molar-refractivity contribution is 0.281. The molecular weight excluding hydrogens is 434 g/mol. The Bertz CT molecular complexity index is 1260. The van der Waals surface area contributed by atoms with E-state index in [0.29, 0.717) is 33.8 Å². The maximum Gasteiger partial charge on any atom is 0.270 e. The summed E-state index contributed by atoms with van der Waals surface area (Å²) in [6.45, 7) is 10.2. The zero-order valence-electron chi connectivity index (χ0n) is 19.6. The van der Waals surface area contributed by atoms with Crippen molar-refractivity contribution in [2.24, 2.45) is 4.99 Å². The number of aliphatic imine (C=N–C) groups is 1. The number of aromatic nitrogens is 1. The van der Waals surface area contributed by atoms with Crippen molar-refractivity contribution in [3.05, 3.63) is 49.4 Å². The molecule has 0 amide bonds. The standard InChI is InChI=1S/C25H31N5O2S/c1-4-30-23(31)21(33-24(30)20(15-26)22-28-25(2,3)17-32-22)16-27-19-9-7-8-18(14-19)10-13-29-11-5-6-12-29/h7-9,14,16,27H,4-6,10-13,17H2,1-3H3/b21-16+,24-20-. The van der Waals surface area contributed by atoms with Crippen LogP contribution in [0.3, 0.4) is 0 Å². The Kier molecular flexibility index (Phi) is 7.01. The number of nitrogens with zero attached hydrogens (tertiary/aromatic N) is 4. The van der Waals surface area contributed by atoms with E-state index in [0.717, 1.165) is 18.7 Å². The van der Waals surface area contributed by atoms with Crippen LogP contribution in [-0.2, 0) is 17.7 Å². The highest BCUT2D eigenvalue weighted by atomic mass is 32.1. The molecule has 174 valence electrons. The van der Waals surface area contributed by atoms with Gasteiger partial charge in [0.25, 0.3) is 5.56 Å². The highest BCUT2D eigenvalue weighted by molar-refractivity contribution is 7.07. The Morgan fingerprint density at radius 2 is 2.15 bits per heavy atom. The third kappa shape index (κ3) is 5.37. The molecule has 33 heavy (non-hydrogen) atoms. The van der Waals surface area contributed by atoms with Crippen LogP contribution in [0.15, 0.2) is 34.1 Å². The minimum absolute atomic E-state index is 0.124. The molecule has 1 aromatic carbocycles.